The molecule has 5 rings (SSSR count). The molecule has 0 spiro atoms. The smallest absolute Gasteiger partial charge is 0.248 e. The second-order valence-corrected chi connectivity index (χ2v) is 9.88. The number of imide groups is 1. The first kappa shape index (κ1) is 19.7. The average Bonchev–Trinajstić information content (AvgIpc) is 3.43. The molecular formula is C24H23IN2O3. The number of hydrogen-bond acceptors (Lipinski definition) is 3. The van der Waals surface area contributed by atoms with Gasteiger partial charge in [-0.05, 0) is 83.5 Å². The molecule has 2 aromatic carbocycles. The summed E-state index contributed by atoms with van der Waals surface area (Å²) in [5.74, 6) is -0.432. The van der Waals surface area contributed by atoms with Gasteiger partial charge in [0.05, 0.1) is 11.8 Å². The van der Waals surface area contributed by atoms with E-state index in [1.807, 2.05) is 54.6 Å². The molecule has 3 amide bonds. The molecule has 3 fully saturated rings. The first-order chi connectivity index (χ1) is 14.5. The van der Waals surface area contributed by atoms with Gasteiger partial charge >= 0.3 is 0 Å². The van der Waals surface area contributed by atoms with Crippen molar-refractivity contribution in [2.75, 3.05) is 5.32 Å². The molecule has 1 heterocycles. The molecule has 5 nitrogen and oxygen atoms in total. The number of benzene rings is 2. The van der Waals surface area contributed by atoms with E-state index in [9.17, 15) is 14.4 Å². The molecule has 2 aromatic rings. The lowest BCUT2D eigenvalue weighted by molar-refractivity contribution is -0.147. The second kappa shape index (κ2) is 7.80. The van der Waals surface area contributed by atoms with Crippen molar-refractivity contribution < 1.29 is 14.4 Å². The van der Waals surface area contributed by atoms with Crippen molar-refractivity contribution in [3.8, 4) is 0 Å². The molecule has 0 radical (unpaired) electrons. The summed E-state index contributed by atoms with van der Waals surface area (Å²) >= 11 is 2.21. The Kier molecular flexibility index (Phi) is 5.13. The van der Waals surface area contributed by atoms with E-state index in [1.165, 1.54) is 4.90 Å². The molecule has 154 valence electrons. The fourth-order valence-corrected chi connectivity index (χ4v) is 6.00. The van der Waals surface area contributed by atoms with Crippen LogP contribution < -0.4 is 5.32 Å². The number of nitrogens with zero attached hydrogens (tertiary/aromatic N) is 1. The molecule has 1 aliphatic heterocycles. The van der Waals surface area contributed by atoms with Gasteiger partial charge in [-0.15, -0.1) is 0 Å². The molecule has 1 saturated heterocycles. The van der Waals surface area contributed by atoms with Gasteiger partial charge in [-0.3, -0.25) is 19.3 Å². The van der Waals surface area contributed by atoms with Crippen molar-refractivity contribution in [3.63, 3.8) is 0 Å². The summed E-state index contributed by atoms with van der Waals surface area (Å²) in [7, 11) is 0. The molecule has 0 aromatic heterocycles. The molecule has 2 aliphatic carbocycles. The normalized spacial score (nSPS) is 28.0. The predicted octanol–water partition coefficient (Wildman–Crippen LogP) is 3.87. The average molecular weight is 514 g/mol. The molecule has 1 N–H and O–H groups in total. The maximum atomic E-state index is 13.3. The number of fused-ring (bicyclic) bond motifs is 5. The van der Waals surface area contributed by atoms with E-state index >= 15 is 0 Å². The lowest BCUT2D eigenvalue weighted by Gasteiger charge is -2.27. The van der Waals surface area contributed by atoms with Crippen molar-refractivity contribution in [2.24, 2.45) is 23.7 Å². The van der Waals surface area contributed by atoms with Crippen LogP contribution in [0.25, 0.3) is 0 Å². The van der Waals surface area contributed by atoms with Crippen LogP contribution in [-0.4, -0.2) is 28.7 Å². The number of halogens is 1. The van der Waals surface area contributed by atoms with E-state index in [4.69, 9.17) is 0 Å². The van der Waals surface area contributed by atoms with E-state index in [0.717, 1.165) is 28.4 Å². The molecule has 2 bridgehead atoms. The van der Waals surface area contributed by atoms with Gasteiger partial charge in [0.25, 0.3) is 0 Å². The molecule has 0 unspecified atom stereocenters. The van der Waals surface area contributed by atoms with Crippen molar-refractivity contribution in [3.05, 3.63) is 63.7 Å². The van der Waals surface area contributed by atoms with Crippen LogP contribution in [0.4, 0.5) is 5.69 Å². The molecular weight excluding hydrogens is 491 g/mol. The zero-order chi connectivity index (χ0) is 20.8. The van der Waals surface area contributed by atoms with Gasteiger partial charge in [0.1, 0.15) is 6.04 Å². The Morgan fingerprint density at radius 3 is 2.17 bits per heavy atom. The maximum Gasteiger partial charge on any atom is 0.248 e. The van der Waals surface area contributed by atoms with E-state index < -0.39 is 6.04 Å². The van der Waals surface area contributed by atoms with Gasteiger partial charge in [-0.1, -0.05) is 30.3 Å². The second-order valence-electron chi connectivity index (χ2n) is 8.63. The highest BCUT2D eigenvalue weighted by Crippen LogP contribution is 2.56. The lowest BCUT2D eigenvalue weighted by Crippen LogP contribution is -2.49. The van der Waals surface area contributed by atoms with Gasteiger partial charge < -0.3 is 5.32 Å². The van der Waals surface area contributed by atoms with E-state index in [1.54, 1.807) is 0 Å². The van der Waals surface area contributed by atoms with Crippen molar-refractivity contribution in [1.29, 1.82) is 0 Å². The van der Waals surface area contributed by atoms with Gasteiger partial charge in [0.2, 0.25) is 17.7 Å². The minimum atomic E-state index is -0.836. The SMILES string of the molecule is O=C(Nc1ccc(I)cc1)[C@H](Cc1ccccc1)N1C(=O)[C@H]2[C@H]3CC[C@@H](C3)[C@@H]2C1=O. The van der Waals surface area contributed by atoms with Gasteiger partial charge in [-0.25, -0.2) is 0 Å². The van der Waals surface area contributed by atoms with Crippen LogP contribution in [0.2, 0.25) is 0 Å². The number of nitrogens with one attached hydrogen (secondary N) is 1. The topological polar surface area (TPSA) is 66.5 Å². The van der Waals surface area contributed by atoms with Gasteiger partial charge in [0.15, 0.2) is 0 Å². The number of anilines is 1. The van der Waals surface area contributed by atoms with Crippen molar-refractivity contribution >= 4 is 46.0 Å². The van der Waals surface area contributed by atoms with Crippen LogP contribution >= 0.6 is 22.6 Å². The van der Waals surface area contributed by atoms with E-state index in [-0.39, 0.29) is 29.6 Å². The Morgan fingerprint density at radius 2 is 1.57 bits per heavy atom. The highest BCUT2D eigenvalue weighted by molar-refractivity contribution is 14.1. The molecule has 5 atom stereocenters. The quantitative estimate of drug-likeness (QED) is 0.487. The Morgan fingerprint density at radius 1 is 0.967 bits per heavy atom. The number of carbonyl (C=O) groups is 3. The third-order valence-electron chi connectivity index (χ3n) is 6.96. The zero-order valence-electron chi connectivity index (χ0n) is 16.5. The van der Waals surface area contributed by atoms with Crippen LogP contribution in [0.1, 0.15) is 24.8 Å². The number of likely N-dealkylation sites (tertiary alicyclic amines) is 1. The molecule has 30 heavy (non-hydrogen) atoms. The number of rotatable bonds is 5. The third-order valence-corrected chi connectivity index (χ3v) is 7.68. The van der Waals surface area contributed by atoms with Gasteiger partial charge in [-0.2, -0.15) is 0 Å². The Hall–Kier alpha value is -2.22. The summed E-state index contributed by atoms with van der Waals surface area (Å²) < 4.78 is 1.07. The molecule has 3 aliphatic rings. The Bertz CT molecular complexity index is 963. The first-order valence-corrected chi connectivity index (χ1v) is 11.6. The summed E-state index contributed by atoms with van der Waals surface area (Å²) in [5.41, 5.74) is 1.60. The fraction of sp³-hybridized carbons (Fsp3) is 0.375. The van der Waals surface area contributed by atoms with Crippen LogP contribution in [0.5, 0.6) is 0 Å². The summed E-state index contributed by atoms with van der Waals surface area (Å²) in [5, 5.41) is 2.92. The van der Waals surface area contributed by atoms with Crippen molar-refractivity contribution in [2.45, 2.75) is 31.7 Å². The fourth-order valence-electron chi connectivity index (χ4n) is 5.64. The monoisotopic (exact) mass is 514 g/mol. The Labute approximate surface area is 189 Å². The van der Waals surface area contributed by atoms with Crippen molar-refractivity contribution in [1.82, 2.24) is 4.90 Å². The number of carbonyl (C=O) groups excluding carboxylic acids is 3. The lowest BCUT2D eigenvalue weighted by atomic mass is 9.81. The minimum absolute atomic E-state index is 0.143. The van der Waals surface area contributed by atoms with Gasteiger partial charge in [0, 0.05) is 15.7 Å². The third kappa shape index (κ3) is 3.35. The van der Waals surface area contributed by atoms with Crippen LogP contribution in [-0.2, 0) is 20.8 Å². The predicted molar refractivity (Wildman–Crippen MR) is 121 cm³/mol. The summed E-state index contributed by atoms with van der Waals surface area (Å²) in [4.78, 5) is 41.3. The zero-order valence-corrected chi connectivity index (χ0v) is 18.6. The van der Waals surface area contributed by atoms with Crippen LogP contribution in [0.3, 0.4) is 0 Å². The number of amides is 3. The standard InChI is InChI=1S/C24H23IN2O3/c25-17-8-10-18(11-9-17)26-22(28)19(12-14-4-2-1-3-5-14)27-23(29)20-15-6-7-16(13-15)21(20)24(27)30/h1-5,8-11,15-16,19-21H,6-7,12-13H2,(H,26,28)/t15-,16-,19-,20-,21-/m0/s1. The van der Waals surface area contributed by atoms with E-state index in [0.29, 0.717) is 23.9 Å². The maximum absolute atomic E-state index is 13.3. The summed E-state index contributed by atoms with van der Waals surface area (Å²) in [6.45, 7) is 0. The molecule has 2 saturated carbocycles. The Balaban J connectivity index is 1.45. The molecule has 6 heteroatoms. The largest absolute Gasteiger partial charge is 0.324 e. The van der Waals surface area contributed by atoms with E-state index in [2.05, 4.69) is 27.9 Å². The highest BCUT2D eigenvalue weighted by atomic mass is 127. The highest BCUT2D eigenvalue weighted by Gasteiger charge is 2.62. The number of hydrogen-bond donors (Lipinski definition) is 1. The minimum Gasteiger partial charge on any atom is -0.324 e. The first-order valence-electron chi connectivity index (χ1n) is 10.5. The van der Waals surface area contributed by atoms with Crippen LogP contribution in [0.15, 0.2) is 54.6 Å². The summed E-state index contributed by atoms with van der Waals surface area (Å²) in [6, 6.07) is 16.3. The summed E-state index contributed by atoms with van der Waals surface area (Å²) in [6.07, 6.45) is 3.36. The van der Waals surface area contributed by atoms with Crippen LogP contribution in [0, 0.1) is 27.2 Å².